The van der Waals surface area contributed by atoms with Crippen LogP contribution in [0.15, 0.2) is 16.3 Å². The molecule has 11 heteroatoms. The van der Waals surface area contributed by atoms with Crippen molar-refractivity contribution < 1.29 is 25.2 Å². The summed E-state index contributed by atoms with van der Waals surface area (Å²) in [6.45, 7) is -0.542. The average molecular weight is 358 g/mol. The van der Waals surface area contributed by atoms with Gasteiger partial charge in [0.15, 0.2) is 22.5 Å². The van der Waals surface area contributed by atoms with Gasteiger partial charge >= 0.3 is 0 Å². The second kappa shape index (κ2) is 6.43. The summed E-state index contributed by atoms with van der Waals surface area (Å²) in [7, 11) is 1.58. The molecule has 3 heterocycles. The van der Waals surface area contributed by atoms with E-state index in [9.17, 15) is 25.2 Å². The number of fused-ring (bicyclic) bond motifs is 1. The number of ether oxygens (including phenoxy) is 1. The van der Waals surface area contributed by atoms with E-state index in [1.165, 1.54) is 27.2 Å². The van der Waals surface area contributed by atoms with Gasteiger partial charge < -0.3 is 25.2 Å². The summed E-state index contributed by atoms with van der Waals surface area (Å²) in [4.78, 5) is 20.7. The summed E-state index contributed by atoms with van der Waals surface area (Å²) >= 11 is 1.27. The predicted octanol–water partition coefficient (Wildman–Crippen LogP) is -2.18. The molecule has 3 rings (SSSR count). The topological polar surface area (TPSA) is 143 Å². The quantitative estimate of drug-likeness (QED) is 0.356. The van der Waals surface area contributed by atoms with Gasteiger partial charge in [-0.15, -0.1) is 0 Å². The Morgan fingerprint density at radius 3 is 2.62 bits per heavy atom. The van der Waals surface area contributed by atoms with E-state index in [1.807, 2.05) is 0 Å². The fourth-order valence-electron chi connectivity index (χ4n) is 2.71. The average Bonchev–Trinajstić information content (AvgIpc) is 3.00. The highest BCUT2D eigenvalue weighted by atomic mass is 32.2. The van der Waals surface area contributed by atoms with E-state index in [4.69, 9.17) is 4.74 Å². The van der Waals surface area contributed by atoms with Gasteiger partial charge in [-0.1, -0.05) is 11.8 Å². The van der Waals surface area contributed by atoms with Gasteiger partial charge in [0.2, 0.25) is 0 Å². The molecule has 0 bridgehead atoms. The molecule has 0 amide bonds. The van der Waals surface area contributed by atoms with E-state index in [0.29, 0.717) is 5.16 Å². The Labute approximate surface area is 140 Å². The second-order valence-electron chi connectivity index (χ2n) is 5.51. The van der Waals surface area contributed by atoms with Crippen molar-refractivity contribution in [3.8, 4) is 0 Å². The van der Waals surface area contributed by atoms with Crippen LogP contribution in [0.5, 0.6) is 0 Å². The Morgan fingerprint density at radius 2 is 2.00 bits per heavy atom. The Balaban J connectivity index is 2.12. The van der Waals surface area contributed by atoms with Crippen molar-refractivity contribution in [3.05, 3.63) is 16.7 Å². The molecule has 1 saturated heterocycles. The Bertz CT molecular complexity index is 806. The Hall–Kier alpha value is -1.50. The zero-order chi connectivity index (χ0) is 17.6. The molecule has 1 fully saturated rings. The van der Waals surface area contributed by atoms with Crippen LogP contribution in [-0.2, 0) is 11.8 Å². The van der Waals surface area contributed by atoms with Crippen LogP contribution in [0.1, 0.15) is 6.23 Å². The molecule has 0 spiro atoms. The summed E-state index contributed by atoms with van der Waals surface area (Å²) in [5.41, 5.74) is -0.0771. The molecule has 2 aromatic rings. The van der Waals surface area contributed by atoms with Gasteiger partial charge in [0.05, 0.1) is 12.9 Å². The van der Waals surface area contributed by atoms with E-state index in [1.54, 1.807) is 13.3 Å². The monoisotopic (exact) mass is 358 g/mol. The van der Waals surface area contributed by atoms with Crippen LogP contribution in [0, 0.1) is 0 Å². The summed E-state index contributed by atoms with van der Waals surface area (Å²) in [5.74, 6) is 0. The normalized spacial score (nSPS) is 30.8. The Kier molecular flexibility index (Phi) is 4.64. The zero-order valence-corrected chi connectivity index (χ0v) is 13.8. The van der Waals surface area contributed by atoms with Crippen LogP contribution in [0.3, 0.4) is 0 Å². The van der Waals surface area contributed by atoms with Gasteiger partial charge in [0, 0.05) is 7.05 Å². The number of nitrogens with zero attached hydrogens (tertiary/aromatic N) is 4. The van der Waals surface area contributed by atoms with Crippen molar-refractivity contribution in [2.75, 3.05) is 12.9 Å². The molecule has 1 aliphatic heterocycles. The standard InChI is InChI=1S/C13H18N4O6S/c1-16-11(22)6-10(15-13(16)24-2)17(4-14-6)12-9(21)8(20)7(19)5(3-18)23-12/h4-5,7-9,12,18-21H,3H2,1-2H3/t5-,7+,8+,9-,12+/m0/s1. The van der Waals surface area contributed by atoms with E-state index < -0.39 is 37.3 Å². The third-order valence-corrected chi connectivity index (χ3v) is 4.82. The molecule has 10 nitrogen and oxygen atoms in total. The van der Waals surface area contributed by atoms with E-state index in [-0.39, 0.29) is 16.7 Å². The largest absolute Gasteiger partial charge is 0.394 e. The van der Waals surface area contributed by atoms with Crippen LogP contribution in [0.4, 0.5) is 0 Å². The summed E-state index contributed by atoms with van der Waals surface area (Å²) < 4.78 is 8.16. The SMILES string of the molecule is CSc1nc2c(ncn2[C@@H]2O[C@@H](CO)[C@@H](O)[C@@H](O)[C@@H]2O)c(=O)n1C. The fourth-order valence-corrected chi connectivity index (χ4v) is 3.24. The number of aromatic nitrogens is 4. The van der Waals surface area contributed by atoms with Gasteiger partial charge in [-0.2, -0.15) is 0 Å². The highest BCUT2D eigenvalue weighted by Crippen LogP contribution is 2.30. The van der Waals surface area contributed by atoms with Crippen LogP contribution in [0.25, 0.3) is 11.2 Å². The predicted molar refractivity (Wildman–Crippen MR) is 83.6 cm³/mol. The molecular formula is C13H18N4O6S. The van der Waals surface area contributed by atoms with Gasteiger partial charge in [-0.05, 0) is 6.26 Å². The van der Waals surface area contributed by atoms with E-state index >= 15 is 0 Å². The summed E-state index contributed by atoms with van der Waals surface area (Å²) in [6.07, 6.45) is -3.64. The number of thioether (sulfide) groups is 1. The molecule has 2 aromatic heterocycles. The van der Waals surface area contributed by atoms with Crippen LogP contribution < -0.4 is 5.56 Å². The fraction of sp³-hybridized carbons (Fsp3) is 0.615. The third kappa shape index (κ3) is 2.53. The first-order chi connectivity index (χ1) is 11.4. The smallest absolute Gasteiger partial charge is 0.282 e. The van der Waals surface area contributed by atoms with Crippen molar-refractivity contribution in [1.82, 2.24) is 19.1 Å². The van der Waals surface area contributed by atoms with Gasteiger partial charge in [0.1, 0.15) is 24.4 Å². The highest BCUT2D eigenvalue weighted by molar-refractivity contribution is 7.98. The second-order valence-corrected chi connectivity index (χ2v) is 6.28. The number of rotatable bonds is 3. The van der Waals surface area contributed by atoms with Crippen molar-refractivity contribution in [1.29, 1.82) is 0 Å². The maximum atomic E-state index is 12.3. The van der Waals surface area contributed by atoms with Crippen LogP contribution in [-0.4, -0.2) is 76.8 Å². The maximum Gasteiger partial charge on any atom is 0.282 e. The number of aliphatic hydroxyl groups excluding tert-OH is 4. The molecule has 0 aliphatic carbocycles. The molecule has 0 radical (unpaired) electrons. The molecule has 0 unspecified atom stereocenters. The first-order valence-electron chi connectivity index (χ1n) is 7.18. The minimum absolute atomic E-state index is 0.0901. The lowest BCUT2D eigenvalue weighted by Gasteiger charge is -2.40. The number of aliphatic hydroxyl groups is 4. The highest BCUT2D eigenvalue weighted by Gasteiger charge is 2.44. The molecule has 0 aromatic carbocycles. The molecular weight excluding hydrogens is 340 g/mol. The minimum Gasteiger partial charge on any atom is -0.394 e. The molecule has 24 heavy (non-hydrogen) atoms. The first kappa shape index (κ1) is 17.3. The Morgan fingerprint density at radius 1 is 1.29 bits per heavy atom. The van der Waals surface area contributed by atoms with E-state index in [2.05, 4.69) is 9.97 Å². The van der Waals surface area contributed by atoms with Crippen LogP contribution in [0.2, 0.25) is 0 Å². The van der Waals surface area contributed by atoms with Crippen molar-refractivity contribution >= 4 is 22.9 Å². The van der Waals surface area contributed by atoms with Crippen molar-refractivity contribution in [2.45, 2.75) is 35.8 Å². The van der Waals surface area contributed by atoms with Gasteiger partial charge in [-0.3, -0.25) is 13.9 Å². The molecule has 4 N–H and O–H groups in total. The minimum atomic E-state index is -1.52. The van der Waals surface area contributed by atoms with Gasteiger partial charge in [-0.25, -0.2) is 9.97 Å². The van der Waals surface area contributed by atoms with Crippen LogP contribution >= 0.6 is 11.8 Å². The lowest BCUT2D eigenvalue weighted by molar-refractivity contribution is -0.250. The summed E-state index contributed by atoms with van der Waals surface area (Å²) in [5, 5.41) is 39.7. The number of hydrogen-bond acceptors (Lipinski definition) is 9. The lowest BCUT2D eigenvalue weighted by Crippen LogP contribution is -2.56. The third-order valence-electron chi connectivity index (χ3n) is 4.09. The van der Waals surface area contributed by atoms with Crippen molar-refractivity contribution in [3.63, 3.8) is 0 Å². The summed E-state index contributed by atoms with van der Waals surface area (Å²) in [6, 6.07) is 0. The lowest BCUT2D eigenvalue weighted by atomic mass is 9.98. The molecule has 5 atom stereocenters. The van der Waals surface area contributed by atoms with Gasteiger partial charge in [0.25, 0.3) is 5.56 Å². The van der Waals surface area contributed by atoms with E-state index in [0.717, 1.165) is 0 Å². The number of hydrogen-bond donors (Lipinski definition) is 4. The zero-order valence-electron chi connectivity index (χ0n) is 13.0. The maximum absolute atomic E-state index is 12.3. The number of imidazole rings is 1. The molecule has 132 valence electrons. The van der Waals surface area contributed by atoms with Crippen molar-refractivity contribution in [2.24, 2.45) is 7.05 Å². The first-order valence-corrected chi connectivity index (χ1v) is 8.41. The molecule has 0 saturated carbocycles. The molecule has 1 aliphatic rings.